The zero-order valence-electron chi connectivity index (χ0n) is 14.7. The average molecular weight is 402 g/mol. The summed E-state index contributed by atoms with van der Waals surface area (Å²) >= 11 is 3.55. The van der Waals surface area contributed by atoms with Gasteiger partial charge in [0.1, 0.15) is 0 Å². The molecule has 2 heteroatoms. The number of hydrogen-bond donors (Lipinski definition) is 0. The zero-order chi connectivity index (χ0) is 18.4. The second-order valence-corrected chi connectivity index (χ2v) is 6.83. The van der Waals surface area contributed by atoms with Gasteiger partial charge in [-0.1, -0.05) is 89.3 Å². The molecule has 0 spiro atoms. The molecule has 0 unspecified atom stereocenters. The lowest BCUT2D eigenvalue weighted by Gasteiger charge is -2.10. The monoisotopic (exact) mass is 401 g/mol. The Balaban J connectivity index is 2.12. The van der Waals surface area contributed by atoms with E-state index in [9.17, 15) is 0 Å². The molecule has 0 amide bonds. The molecule has 0 fully saturated rings. The summed E-state index contributed by atoms with van der Waals surface area (Å²) in [5, 5.41) is 0. The fourth-order valence-electron chi connectivity index (χ4n) is 2.66. The molecule has 3 aromatic rings. The van der Waals surface area contributed by atoms with Gasteiger partial charge in [0.25, 0.3) is 0 Å². The van der Waals surface area contributed by atoms with Gasteiger partial charge in [0, 0.05) is 10.0 Å². The molecular formula is C24H20BrN. The highest BCUT2D eigenvalue weighted by Crippen LogP contribution is 2.29. The van der Waals surface area contributed by atoms with E-state index >= 15 is 0 Å². The lowest BCUT2D eigenvalue weighted by atomic mass is 10.0. The number of hydrogen-bond acceptors (Lipinski definition) is 1. The first-order valence-electron chi connectivity index (χ1n) is 8.49. The maximum atomic E-state index is 4.85. The maximum absolute atomic E-state index is 4.85. The number of pyridine rings is 1. The Kier molecular flexibility index (Phi) is 5.98. The molecule has 3 rings (SSSR count). The number of rotatable bonds is 5. The lowest BCUT2D eigenvalue weighted by molar-refractivity contribution is 1.28. The Morgan fingerprint density at radius 3 is 2.38 bits per heavy atom. The highest BCUT2D eigenvalue weighted by Gasteiger charge is 2.08. The molecule has 0 aliphatic rings. The molecule has 0 N–H and O–H groups in total. The van der Waals surface area contributed by atoms with Gasteiger partial charge in [-0.2, -0.15) is 0 Å². The highest BCUT2D eigenvalue weighted by molar-refractivity contribution is 9.10. The minimum absolute atomic E-state index is 0.877. The van der Waals surface area contributed by atoms with Gasteiger partial charge >= 0.3 is 0 Å². The Morgan fingerprint density at radius 2 is 1.65 bits per heavy atom. The fourth-order valence-corrected chi connectivity index (χ4v) is 3.06. The standard InChI is InChI=1S/C24H20BrN/c1-3-4-6-10-18(2)23-16-21(19-11-7-5-8-12-19)17-24(26-23)20-13-9-14-22(25)15-20/h3-17H,2H2,1H3/b4-3-,10-6-. The molecule has 26 heavy (non-hydrogen) atoms. The van der Waals surface area contributed by atoms with E-state index in [2.05, 4.69) is 71.0 Å². The van der Waals surface area contributed by atoms with E-state index in [1.54, 1.807) is 0 Å². The van der Waals surface area contributed by atoms with Crippen LogP contribution in [0.5, 0.6) is 0 Å². The van der Waals surface area contributed by atoms with Gasteiger partial charge in [-0.3, -0.25) is 0 Å². The molecule has 0 aliphatic carbocycles. The van der Waals surface area contributed by atoms with Crippen LogP contribution in [0, 0.1) is 0 Å². The molecule has 0 saturated heterocycles. The molecule has 1 heterocycles. The first-order valence-corrected chi connectivity index (χ1v) is 9.29. The van der Waals surface area contributed by atoms with E-state index in [4.69, 9.17) is 4.98 Å². The van der Waals surface area contributed by atoms with Crippen molar-refractivity contribution in [2.75, 3.05) is 0 Å². The zero-order valence-corrected chi connectivity index (χ0v) is 16.3. The Labute approximate surface area is 163 Å². The fraction of sp³-hybridized carbons (Fsp3) is 0.0417. The van der Waals surface area contributed by atoms with Crippen molar-refractivity contribution in [2.45, 2.75) is 6.92 Å². The van der Waals surface area contributed by atoms with Crippen LogP contribution in [0.1, 0.15) is 12.6 Å². The molecule has 0 atom stereocenters. The third-order valence-corrected chi connectivity index (χ3v) is 4.48. The molecule has 0 radical (unpaired) electrons. The van der Waals surface area contributed by atoms with Crippen molar-refractivity contribution in [3.8, 4) is 22.4 Å². The van der Waals surface area contributed by atoms with E-state index in [1.807, 2.05) is 49.4 Å². The van der Waals surface area contributed by atoms with Crippen LogP contribution in [-0.4, -0.2) is 4.98 Å². The Morgan fingerprint density at radius 1 is 0.885 bits per heavy atom. The van der Waals surface area contributed by atoms with Crippen LogP contribution >= 0.6 is 15.9 Å². The molecule has 0 saturated carbocycles. The summed E-state index contributed by atoms with van der Waals surface area (Å²) in [6.07, 6.45) is 7.95. The summed E-state index contributed by atoms with van der Waals surface area (Å²) in [6, 6.07) is 22.8. The molecule has 0 aliphatic heterocycles. The topological polar surface area (TPSA) is 12.9 Å². The van der Waals surface area contributed by atoms with E-state index in [0.717, 1.165) is 38.1 Å². The second kappa shape index (κ2) is 8.59. The Bertz CT molecular complexity index is 969. The van der Waals surface area contributed by atoms with Gasteiger partial charge < -0.3 is 0 Å². The molecule has 1 nitrogen and oxygen atoms in total. The Hall–Kier alpha value is -2.71. The van der Waals surface area contributed by atoms with Crippen molar-refractivity contribution in [3.05, 3.63) is 108 Å². The molecule has 128 valence electrons. The summed E-state index contributed by atoms with van der Waals surface area (Å²) < 4.78 is 1.04. The van der Waals surface area contributed by atoms with E-state index in [-0.39, 0.29) is 0 Å². The van der Waals surface area contributed by atoms with Gasteiger partial charge in [-0.15, -0.1) is 0 Å². The second-order valence-electron chi connectivity index (χ2n) is 5.91. The molecular weight excluding hydrogens is 382 g/mol. The van der Waals surface area contributed by atoms with Crippen molar-refractivity contribution >= 4 is 21.5 Å². The van der Waals surface area contributed by atoms with E-state index in [0.29, 0.717) is 0 Å². The van der Waals surface area contributed by atoms with Crippen LogP contribution in [0.25, 0.3) is 28.0 Å². The van der Waals surface area contributed by atoms with Crippen LogP contribution in [-0.2, 0) is 0 Å². The number of aromatic nitrogens is 1. The summed E-state index contributed by atoms with van der Waals surface area (Å²) in [4.78, 5) is 4.85. The minimum atomic E-state index is 0.877. The number of benzene rings is 2. The summed E-state index contributed by atoms with van der Waals surface area (Å²) in [7, 11) is 0. The van der Waals surface area contributed by atoms with Crippen molar-refractivity contribution in [1.29, 1.82) is 0 Å². The third-order valence-electron chi connectivity index (χ3n) is 3.98. The number of nitrogens with zero attached hydrogens (tertiary/aromatic N) is 1. The van der Waals surface area contributed by atoms with Gasteiger partial charge in [0.2, 0.25) is 0 Å². The van der Waals surface area contributed by atoms with Crippen molar-refractivity contribution in [2.24, 2.45) is 0 Å². The van der Waals surface area contributed by atoms with Crippen molar-refractivity contribution < 1.29 is 0 Å². The smallest absolute Gasteiger partial charge is 0.0716 e. The first kappa shape index (κ1) is 18.1. The summed E-state index contributed by atoms with van der Waals surface area (Å²) in [5.74, 6) is 0. The van der Waals surface area contributed by atoms with Crippen molar-refractivity contribution in [3.63, 3.8) is 0 Å². The van der Waals surface area contributed by atoms with Crippen LogP contribution in [0.3, 0.4) is 0 Å². The normalized spacial score (nSPS) is 11.3. The minimum Gasteiger partial charge on any atom is -0.248 e. The van der Waals surface area contributed by atoms with Crippen LogP contribution in [0.4, 0.5) is 0 Å². The lowest BCUT2D eigenvalue weighted by Crippen LogP contribution is -1.93. The number of allylic oxidation sites excluding steroid dienone is 5. The predicted octanol–water partition coefficient (Wildman–Crippen LogP) is 7.32. The molecule has 2 aromatic carbocycles. The summed E-state index contributed by atoms with van der Waals surface area (Å²) in [6.45, 7) is 6.18. The van der Waals surface area contributed by atoms with Crippen LogP contribution < -0.4 is 0 Å². The van der Waals surface area contributed by atoms with E-state index in [1.165, 1.54) is 0 Å². The van der Waals surface area contributed by atoms with Crippen molar-refractivity contribution in [1.82, 2.24) is 4.98 Å². The van der Waals surface area contributed by atoms with Gasteiger partial charge in [0.05, 0.1) is 11.4 Å². The first-order chi connectivity index (χ1) is 12.7. The third kappa shape index (κ3) is 4.47. The van der Waals surface area contributed by atoms with Gasteiger partial charge in [-0.05, 0) is 47.9 Å². The summed E-state index contributed by atoms with van der Waals surface area (Å²) in [5.41, 5.74) is 6.06. The van der Waals surface area contributed by atoms with Gasteiger partial charge in [0.15, 0.2) is 0 Å². The van der Waals surface area contributed by atoms with Gasteiger partial charge in [-0.25, -0.2) is 4.98 Å². The van der Waals surface area contributed by atoms with Crippen LogP contribution in [0.15, 0.2) is 102 Å². The molecule has 1 aromatic heterocycles. The van der Waals surface area contributed by atoms with E-state index < -0.39 is 0 Å². The van der Waals surface area contributed by atoms with Crippen LogP contribution in [0.2, 0.25) is 0 Å². The molecule has 0 bridgehead atoms. The predicted molar refractivity (Wildman–Crippen MR) is 116 cm³/mol. The SMILES string of the molecule is C=C(/C=C\C=C/C)c1cc(-c2ccccc2)cc(-c2cccc(Br)c2)n1. The maximum Gasteiger partial charge on any atom is 0.0716 e. The average Bonchev–Trinajstić information content (AvgIpc) is 2.68. The largest absolute Gasteiger partial charge is 0.248 e. The highest BCUT2D eigenvalue weighted by atomic mass is 79.9. The number of halogens is 1. The quantitative estimate of drug-likeness (QED) is 0.407.